The van der Waals surface area contributed by atoms with Crippen molar-refractivity contribution in [3.63, 3.8) is 0 Å². The van der Waals surface area contributed by atoms with E-state index in [1.807, 2.05) is 6.07 Å². The van der Waals surface area contributed by atoms with Gasteiger partial charge in [-0.1, -0.05) is 26.8 Å². The van der Waals surface area contributed by atoms with E-state index in [0.717, 1.165) is 37.3 Å². The summed E-state index contributed by atoms with van der Waals surface area (Å²) in [6.45, 7) is 9.50. The first-order valence-electron chi connectivity index (χ1n) is 8.16. The van der Waals surface area contributed by atoms with Crippen LogP contribution in [0.3, 0.4) is 0 Å². The van der Waals surface area contributed by atoms with Gasteiger partial charge in [0.05, 0.1) is 11.3 Å². The van der Waals surface area contributed by atoms with E-state index in [1.165, 1.54) is 18.4 Å². The molecular formula is C18H27N3. The Morgan fingerprint density at radius 3 is 2.71 bits per heavy atom. The van der Waals surface area contributed by atoms with E-state index < -0.39 is 0 Å². The Kier molecular flexibility index (Phi) is 5.64. The normalized spacial score (nSPS) is 14.2. The van der Waals surface area contributed by atoms with E-state index in [-0.39, 0.29) is 0 Å². The Labute approximate surface area is 129 Å². The van der Waals surface area contributed by atoms with E-state index in [4.69, 9.17) is 0 Å². The fourth-order valence-corrected chi connectivity index (χ4v) is 2.67. The Morgan fingerprint density at radius 2 is 2.14 bits per heavy atom. The van der Waals surface area contributed by atoms with Gasteiger partial charge in [0.1, 0.15) is 6.07 Å². The lowest BCUT2D eigenvalue weighted by Crippen LogP contribution is -2.27. The predicted octanol–water partition coefficient (Wildman–Crippen LogP) is 3.68. The molecule has 1 fully saturated rings. The Hall–Kier alpha value is -1.53. The van der Waals surface area contributed by atoms with Gasteiger partial charge < -0.3 is 10.2 Å². The fraction of sp³-hybridized carbons (Fsp3) is 0.611. The molecule has 1 aliphatic carbocycles. The molecule has 0 amide bonds. The Balaban J connectivity index is 2.10. The van der Waals surface area contributed by atoms with Crippen molar-refractivity contribution in [3.05, 3.63) is 29.3 Å². The molecule has 21 heavy (non-hydrogen) atoms. The van der Waals surface area contributed by atoms with Gasteiger partial charge in [-0.25, -0.2) is 0 Å². The van der Waals surface area contributed by atoms with Gasteiger partial charge in [-0.05, 0) is 49.4 Å². The average molecular weight is 285 g/mol. The second-order valence-electron chi connectivity index (χ2n) is 6.41. The van der Waals surface area contributed by atoms with Gasteiger partial charge in [-0.3, -0.25) is 0 Å². The summed E-state index contributed by atoms with van der Waals surface area (Å²) >= 11 is 0. The molecule has 3 nitrogen and oxygen atoms in total. The van der Waals surface area contributed by atoms with Crippen molar-refractivity contribution in [1.82, 2.24) is 5.32 Å². The predicted molar refractivity (Wildman–Crippen MR) is 88.4 cm³/mol. The van der Waals surface area contributed by atoms with Crippen LogP contribution < -0.4 is 10.2 Å². The molecule has 0 aromatic heterocycles. The van der Waals surface area contributed by atoms with Crippen molar-refractivity contribution in [2.45, 2.75) is 52.6 Å². The van der Waals surface area contributed by atoms with Gasteiger partial charge >= 0.3 is 0 Å². The van der Waals surface area contributed by atoms with E-state index >= 15 is 0 Å². The number of anilines is 1. The minimum atomic E-state index is 0.648. The van der Waals surface area contributed by atoms with Gasteiger partial charge in [0.25, 0.3) is 0 Å². The van der Waals surface area contributed by atoms with Crippen LogP contribution in [0.5, 0.6) is 0 Å². The number of benzene rings is 1. The Morgan fingerprint density at radius 1 is 1.38 bits per heavy atom. The molecule has 0 bridgehead atoms. The van der Waals surface area contributed by atoms with Crippen molar-refractivity contribution in [1.29, 1.82) is 5.26 Å². The molecule has 1 N–H and O–H groups in total. The van der Waals surface area contributed by atoms with E-state index in [1.54, 1.807) is 0 Å². The first-order chi connectivity index (χ1) is 10.2. The molecule has 0 unspecified atom stereocenters. The van der Waals surface area contributed by atoms with E-state index in [2.05, 4.69) is 49.2 Å². The molecule has 1 aromatic rings. The van der Waals surface area contributed by atoms with Crippen molar-refractivity contribution >= 4 is 5.69 Å². The second kappa shape index (κ2) is 7.47. The number of nitriles is 1. The quantitative estimate of drug-likeness (QED) is 0.792. The third kappa shape index (κ3) is 4.47. The maximum absolute atomic E-state index is 9.48. The topological polar surface area (TPSA) is 39.1 Å². The molecule has 3 heteroatoms. The summed E-state index contributed by atoms with van der Waals surface area (Å²) in [6.07, 6.45) is 3.66. The van der Waals surface area contributed by atoms with Crippen LogP contribution >= 0.6 is 0 Å². The summed E-state index contributed by atoms with van der Waals surface area (Å²) in [7, 11) is 0. The lowest BCUT2D eigenvalue weighted by molar-refractivity contribution is 0.552. The maximum atomic E-state index is 9.48. The number of hydrogen-bond acceptors (Lipinski definition) is 3. The molecule has 0 atom stereocenters. The largest absolute Gasteiger partial charge is 0.367 e. The average Bonchev–Trinajstić information content (AvgIpc) is 3.29. The molecule has 0 radical (unpaired) electrons. The van der Waals surface area contributed by atoms with Crippen LogP contribution in [-0.4, -0.2) is 19.1 Å². The molecule has 1 saturated carbocycles. The number of hydrogen-bond donors (Lipinski definition) is 1. The molecular weight excluding hydrogens is 258 g/mol. The highest BCUT2D eigenvalue weighted by Gasteiger charge is 2.29. The summed E-state index contributed by atoms with van der Waals surface area (Å²) in [6, 6.07) is 9.39. The minimum Gasteiger partial charge on any atom is -0.367 e. The van der Waals surface area contributed by atoms with Crippen LogP contribution in [0, 0.1) is 17.2 Å². The molecule has 0 aliphatic heterocycles. The summed E-state index contributed by atoms with van der Waals surface area (Å²) in [5, 5.41) is 12.9. The van der Waals surface area contributed by atoms with Crippen LogP contribution in [0.4, 0.5) is 5.69 Å². The highest BCUT2D eigenvalue weighted by molar-refractivity contribution is 5.61. The Bertz CT molecular complexity index is 498. The third-order valence-electron chi connectivity index (χ3n) is 3.82. The number of rotatable bonds is 8. The van der Waals surface area contributed by atoms with E-state index in [9.17, 15) is 5.26 Å². The molecule has 114 valence electrons. The number of nitrogens with zero attached hydrogens (tertiary/aromatic N) is 2. The highest BCUT2D eigenvalue weighted by atomic mass is 15.2. The zero-order chi connectivity index (χ0) is 15.2. The first-order valence-corrected chi connectivity index (χ1v) is 8.16. The summed E-state index contributed by atoms with van der Waals surface area (Å²) in [5.74, 6) is 0.648. The van der Waals surface area contributed by atoms with Gasteiger partial charge in [-0.15, -0.1) is 0 Å². The molecule has 2 rings (SSSR count). The van der Waals surface area contributed by atoms with Crippen LogP contribution in [0.25, 0.3) is 0 Å². The zero-order valence-electron chi connectivity index (χ0n) is 13.5. The van der Waals surface area contributed by atoms with Crippen molar-refractivity contribution in [2.75, 3.05) is 18.0 Å². The maximum Gasteiger partial charge on any atom is 0.101 e. The lowest BCUT2D eigenvalue weighted by atomic mass is 10.1. The molecule has 0 heterocycles. The van der Waals surface area contributed by atoms with Crippen LogP contribution in [-0.2, 0) is 6.54 Å². The van der Waals surface area contributed by atoms with Crippen molar-refractivity contribution in [2.24, 2.45) is 5.92 Å². The molecule has 0 spiro atoms. The standard InChI is InChI=1S/C18H27N3/c1-4-9-21(17-6-7-17)18-8-5-15(10-16(18)11-19)13-20-12-14(2)3/h5,8,10,14,17,20H,4,6-7,9,12-13H2,1-3H3. The smallest absolute Gasteiger partial charge is 0.101 e. The summed E-state index contributed by atoms with van der Waals surface area (Å²) in [5.41, 5.74) is 3.14. The first kappa shape index (κ1) is 15.9. The zero-order valence-corrected chi connectivity index (χ0v) is 13.5. The fourth-order valence-electron chi connectivity index (χ4n) is 2.67. The minimum absolute atomic E-state index is 0.648. The highest BCUT2D eigenvalue weighted by Crippen LogP contribution is 2.33. The van der Waals surface area contributed by atoms with Crippen molar-refractivity contribution in [3.8, 4) is 6.07 Å². The van der Waals surface area contributed by atoms with Gasteiger partial charge in [0.2, 0.25) is 0 Å². The van der Waals surface area contributed by atoms with Crippen LogP contribution in [0.15, 0.2) is 18.2 Å². The van der Waals surface area contributed by atoms with Gasteiger partial charge in [-0.2, -0.15) is 5.26 Å². The van der Waals surface area contributed by atoms with Crippen LogP contribution in [0.2, 0.25) is 0 Å². The van der Waals surface area contributed by atoms with Crippen molar-refractivity contribution < 1.29 is 0 Å². The molecule has 1 aromatic carbocycles. The van der Waals surface area contributed by atoms with Gasteiger partial charge in [0, 0.05) is 19.1 Å². The summed E-state index contributed by atoms with van der Waals surface area (Å²) < 4.78 is 0. The SMILES string of the molecule is CCCN(c1ccc(CNCC(C)C)cc1C#N)C1CC1. The monoisotopic (exact) mass is 285 g/mol. The number of nitrogens with one attached hydrogen (secondary N) is 1. The lowest BCUT2D eigenvalue weighted by Gasteiger charge is -2.25. The summed E-state index contributed by atoms with van der Waals surface area (Å²) in [4.78, 5) is 2.42. The van der Waals surface area contributed by atoms with E-state index in [0.29, 0.717) is 12.0 Å². The molecule has 1 aliphatic rings. The third-order valence-corrected chi connectivity index (χ3v) is 3.82. The van der Waals surface area contributed by atoms with Crippen LogP contribution in [0.1, 0.15) is 51.2 Å². The van der Waals surface area contributed by atoms with Gasteiger partial charge in [0.15, 0.2) is 0 Å². The second-order valence-corrected chi connectivity index (χ2v) is 6.41. The molecule has 0 saturated heterocycles.